The molecular weight excluding hydrogens is 170 g/mol. The summed E-state index contributed by atoms with van der Waals surface area (Å²) in [6, 6.07) is 0. The Labute approximate surface area is 77.9 Å². The monoisotopic (exact) mass is 185 g/mol. The molecule has 4 nitrogen and oxygen atoms in total. The molecular formula is C9H15NO3. The van der Waals surface area contributed by atoms with E-state index in [1.54, 1.807) is 6.08 Å². The third-order valence-electron chi connectivity index (χ3n) is 1.23. The number of aliphatic hydroxyl groups is 1. The van der Waals surface area contributed by atoms with Gasteiger partial charge in [0.25, 0.3) is 0 Å². The van der Waals surface area contributed by atoms with Gasteiger partial charge in [-0.25, -0.2) is 4.79 Å². The number of rotatable bonds is 6. The van der Waals surface area contributed by atoms with E-state index < -0.39 is 12.3 Å². The number of hydrogen-bond donors (Lipinski definition) is 2. The zero-order chi connectivity index (χ0) is 10.1. The first-order valence-corrected chi connectivity index (χ1v) is 4.04. The van der Waals surface area contributed by atoms with Crippen LogP contribution in [-0.2, 0) is 4.74 Å². The smallest absolute Gasteiger partial charge is 0.409 e. The second-order valence-corrected chi connectivity index (χ2v) is 2.40. The van der Waals surface area contributed by atoms with E-state index in [0.717, 1.165) is 0 Å². The Balaban J connectivity index is 3.48. The summed E-state index contributed by atoms with van der Waals surface area (Å²) in [6.45, 7) is 7.17. The topological polar surface area (TPSA) is 58.6 Å². The molecule has 0 aromatic carbocycles. The number of alkyl carbamates (subject to hydrolysis) is 1. The highest BCUT2D eigenvalue weighted by molar-refractivity contribution is 5.67. The molecule has 4 heteroatoms. The number of amides is 1. The van der Waals surface area contributed by atoms with E-state index in [2.05, 4.69) is 23.2 Å². The fourth-order valence-electron chi connectivity index (χ4n) is 0.629. The molecule has 0 radical (unpaired) electrons. The van der Waals surface area contributed by atoms with E-state index in [4.69, 9.17) is 5.11 Å². The van der Waals surface area contributed by atoms with Crippen molar-refractivity contribution in [2.75, 3.05) is 6.61 Å². The lowest BCUT2D eigenvalue weighted by atomic mass is 10.4. The van der Waals surface area contributed by atoms with Crippen molar-refractivity contribution in [2.45, 2.75) is 19.1 Å². The van der Waals surface area contributed by atoms with Crippen molar-refractivity contribution < 1.29 is 14.6 Å². The molecule has 0 bridgehead atoms. The zero-order valence-corrected chi connectivity index (χ0v) is 7.53. The maximum absolute atomic E-state index is 10.8. The van der Waals surface area contributed by atoms with Gasteiger partial charge in [0.1, 0.15) is 6.23 Å². The van der Waals surface area contributed by atoms with Crippen LogP contribution in [0.25, 0.3) is 0 Å². The lowest BCUT2D eigenvalue weighted by Crippen LogP contribution is -2.34. The molecule has 1 amide bonds. The third-order valence-corrected chi connectivity index (χ3v) is 1.23. The maximum Gasteiger partial charge on any atom is 0.409 e. The lowest BCUT2D eigenvalue weighted by Gasteiger charge is -2.10. The Morgan fingerprint density at radius 1 is 1.54 bits per heavy atom. The van der Waals surface area contributed by atoms with Crippen LogP contribution in [0.2, 0.25) is 0 Å². The molecule has 0 heterocycles. The summed E-state index contributed by atoms with van der Waals surface area (Å²) in [5.74, 6) is 0. The highest BCUT2D eigenvalue weighted by Crippen LogP contribution is 1.90. The van der Waals surface area contributed by atoms with Gasteiger partial charge < -0.3 is 9.84 Å². The van der Waals surface area contributed by atoms with Crippen LogP contribution >= 0.6 is 0 Å². The predicted octanol–water partition coefficient (Wildman–Crippen LogP) is 1.18. The normalized spacial score (nSPS) is 11.5. The van der Waals surface area contributed by atoms with Gasteiger partial charge in [-0.05, 0) is 6.42 Å². The van der Waals surface area contributed by atoms with Gasteiger partial charge in [0, 0.05) is 6.42 Å². The molecule has 0 saturated carbocycles. The van der Waals surface area contributed by atoms with Gasteiger partial charge in [-0.2, -0.15) is 0 Å². The van der Waals surface area contributed by atoms with E-state index in [1.807, 2.05) is 0 Å². The average Bonchev–Trinajstić information content (AvgIpc) is 2.05. The van der Waals surface area contributed by atoms with Gasteiger partial charge in [-0.3, -0.25) is 5.32 Å². The second-order valence-electron chi connectivity index (χ2n) is 2.40. The van der Waals surface area contributed by atoms with E-state index >= 15 is 0 Å². The van der Waals surface area contributed by atoms with Gasteiger partial charge in [0.15, 0.2) is 0 Å². The van der Waals surface area contributed by atoms with Crippen molar-refractivity contribution in [1.29, 1.82) is 0 Å². The molecule has 74 valence electrons. The van der Waals surface area contributed by atoms with Crippen molar-refractivity contribution in [1.82, 2.24) is 5.32 Å². The first-order chi connectivity index (χ1) is 6.20. The minimum absolute atomic E-state index is 0.274. The number of nitrogens with one attached hydrogen (secondary N) is 1. The van der Waals surface area contributed by atoms with Crippen LogP contribution in [0.4, 0.5) is 4.79 Å². The van der Waals surface area contributed by atoms with Crippen LogP contribution in [0.3, 0.4) is 0 Å². The van der Waals surface area contributed by atoms with E-state index in [0.29, 0.717) is 12.8 Å². The van der Waals surface area contributed by atoms with Crippen LogP contribution < -0.4 is 5.32 Å². The minimum Gasteiger partial charge on any atom is -0.449 e. The Morgan fingerprint density at radius 3 is 2.77 bits per heavy atom. The fourth-order valence-corrected chi connectivity index (χ4v) is 0.629. The van der Waals surface area contributed by atoms with Gasteiger partial charge in [0.2, 0.25) is 0 Å². The summed E-state index contributed by atoms with van der Waals surface area (Å²) >= 11 is 0. The first-order valence-electron chi connectivity index (χ1n) is 4.04. The molecule has 0 aliphatic heterocycles. The van der Waals surface area contributed by atoms with Gasteiger partial charge >= 0.3 is 6.09 Å². The van der Waals surface area contributed by atoms with Crippen LogP contribution in [-0.4, -0.2) is 24.0 Å². The lowest BCUT2D eigenvalue weighted by molar-refractivity contribution is 0.101. The molecule has 2 N–H and O–H groups in total. The van der Waals surface area contributed by atoms with Crippen molar-refractivity contribution in [2.24, 2.45) is 0 Å². The van der Waals surface area contributed by atoms with Crippen LogP contribution in [0.15, 0.2) is 25.3 Å². The van der Waals surface area contributed by atoms with Crippen molar-refractivity contribution >= 4 is 6.09 Å². The number of carbonyl (C=O) groups is 1. The Bertz CT molecular complexity index is 180. The van der Waals surface area contributed by atoms with E-state index in [-0.39, 0.29) is 6.61 Å². The van der Waals surface area contributed by atoms with Crippen LogP contribution in [0.1, 0.15) is 12.8 Å². The standard InChI is InChI=1S/C9H15NO3/c1-3-5-7-13-9(12)10-8(11)6-4-2/h3-4,8,11H,1-2,5-7H2,(H,10,12). The van der Waals surface area contributed by atoms with Gasteiger partial charge in [-0.15, -0.1) is 13.2 Å². The fraction of sp³-hybridized carbons (Fsp3) is 0.444. The predicted molar refractivity (Wildman–Crippen MR) is 50.1 cm³/mol. The molecule has 13 heavy (non-hydrogen) atoms. The van der Waals surface area contributed by atoms with Gasteiger partial charge in [0.05, 0.1) is 6.61 Å². The zero-order valence-electron chi connectivity index (χ0n) is 7.53. The van der Waals surface area contributed by atoms with Crippen LogP contribution in [0.5, 0.6) is 0 Å². The number of ether oxygens (including phenoxy) is 1. The number of carbonyl (C=O) groups excluding carboxylic acids is 1. The molecule has 0 aromatic rings. The quantitative estimate of drug-likeness (QED) is 0.371. The van der Waals surface area contributed by atoms with Crippen molar-refractivity contribution in [3.63, 3.8) is 0 Å². The molecule has 0 saturated heterocycles. The molecule has 0 fully saturated rings. The summed E-state index contributed by atoms with van der Waals surface area (Å²) in [4.78, 5) is 10.8. The third kappa shape index (κ3) is 7.08. The second kappa shape index (κ2) is 7.36. The average molecular weight is 185 g/mol. The molecule has 1 atom stereocenters. The Hall–Kier alpha value is -1.29. The van der Waals surface area contributed by atoms with Crippen molar-refractivity contribution in [3.05, 3.63) is 25.3 Å². The Morgan fingerprint density at radius 2 is 2.23 bits per heavy atom. The van der Waals surface area contributed by atoms with E-state index in [9.17, 15) is 4.79 Å². The highest BCUT2D eigenvalue weighted by atomic mass is 16.5. The van der Waals surface area contributed by atoms with Gasteiger partial charge in [-0.1, -0.05) is 12.2 Å². The van der Waals surface area contributed by atoms with E-state index in [1.165, 1.54) is 6.08 Å². The minimum atomic E-state index is -0.922. The molecule has 0 aliphatic carbocycles. The first kappa shape index (κ1) is 11.7. The van der Waals surface area contributed by atoms with Crippen LogP contribution in [0, 0.1) is 0 Å². The molecule has 0 rings (SSSR count). The largest absolute Gasteiger partial charge is 0.449 e. The number of aliphatic hydroxyl groups excluding tert-OH is 1. The molecule has 0 spiro atoms. The summed E-state index contributed by atoms with van der Waals surface area (Å²) < 4.78 is 4.68. The molecule has 0 aliphatic rings. The maximum atomic E-state index is 10.8. The molecule has 0 aromatic heterocycles. The summed E-state index contributed by atoms with van der Waals surface area (Å²) in [5, 5.41) is 11.3. The highest BCUT2D eigenvalue weighted by Gasteiger charge is 2.06. The number of hydrogen-bond acceptors (Lipinski definition) is 3. The SMILES string of the molecule is C=CCCOC(=O)NC(O)CC=C. The summed E-state index contributed by atoms with van der Waals surface area (Å²) in [6.07, 6.45) is 2.51. The Kier molecular flexibility index (Phi) is 6.63. The summed E-state index contributed by atoms with van der Waals surface area (Å²) in [7, 11) is 0. The summed E-state index contributed by atoms with van der Waals surface area (Å²) in [5.41, 5.74) is 0. The van der Waals surface area contributed by atoms with Crippen molar-refractivity contribution in [3.8, 4) is 0 Å². The molecule has 1 unspecified atom stereocenters.